The van der Waals surface area contributed by atoms with Gasteiger partial charge in [0.1, 0.15) is 5.60 Å². The highest BCUT2D eigenvalue weighted by Crippen LogP contribution is 2.11. The zero-order valence-corrected chi connectivity index (χ0v) is 13.5. The molecule has 0 spiro atoms. The highest BCUT2D eigenvalue weighted by atomic mass is 16.6. The molecule has 5 nitrogen and oxygen atoms in total. The van der Waals surface area contributed by atoms with Crippen LogP contribution in [0.15, 0.2) is 30.3 Å². The second-order valence-corrected chi connectivity index (χ2v) is 6.33. The number of rotatable bonds is 8. The van der Waals surface area contributed by atoms with Crippen LogP contribution in [-0.4, -0.2) is 40.6 Å². The lowest BCUT2D eigenvalue weighted by Gasteiger charge is -2.21. The number of aliphatic hydroxyl groups excluding tert-OH is 2. The minimum atomic E-state index is -0.940. The number of esters is 1. The normalized spacial score (nSPS) is 14.4. The molecule has 0 amide bonds. The lowest BCUT2D eigenvalue weighted by Crippen LogP contribution is -2.29. The molecule has 0 unspecified atom stereocenters. The summed E-state index contributed by atoms with van der Waals surface area (Å²) in [5, 5.41) is 19.6. The van der Waals surface area contributed by atoms with Crippen LogP contribution < -0.4 is 0 Å². The molecular formula is C17H26O5. The first-order valence-corrected chi connectivity index (χ1v) is 7.46. The number of ether oxygens (including phenoxy) is 2. The molecule has 2 atom stereocenters. The van der Waals surface area contributed by atoms with Crippen molar-refractivity contribution >= 4 is 5.97 Å². The van der Waals surface area contributed by atoms with Crippen LogP contribution in [0.4, 0.5) is 0 Å². The van der Waals surface area contributed by atoms with Gasteiger partial charge >= 0.3 is 5.97 Å². The molecule has 1 aromatic carbocycles. The van der Waals surface area contributed by atoms with Gasteiger partial charge in [0.2, 0.25) is 0 Å². The van der Waals surface area contributed by atoms with E-state index in [0.29, 0.717) is 6.61 Å². The maximum absolute atomic E-state index is 11.6. The Kier molecular flexibility index (Phi) is 7.51. The van der Waals surface area contributed by atoms with Crippen molar-refractivity contribution in [2.75, 3.05) is 6.61 Å². The summed E-state index contributed by atoms with van der Waals surface area (Å²) in [4.78, 5) is 11.6. The first-order valence-electron chi connectivity index (χ1n) is 7.46. The standard InChI is InChI=1S/C17H26O5/c1-17(2,3)22-16(20)10-14(18)9-15(19)12-21-11-13-7-5-4-6-8-13/h4-8,14-15,18-19H,9-12H2,1-3H3/t14-,15+/m1/s1. The highest BCUT2D eigenvalue weighted by Gasteiger charge is 2.21. The molecule has 0 heterocycles. The van der Waals surface area contributed by atoms with Crippen molar-refractivity contribution in [2.45, 2.75) is 58.0 Å². The van der Waals surface area contributed by atoms with Gasteiger partial charge in [-0.05, 0) is 26.3 Å². The SMILES string of the molecule is CC(C)(C)OC(=O)C[C@H](O)C[C@H](O)COCc1ccccc1. The Balaban J connectivity index is 2.21. The second kappa shape index (κ2) is 8.88. The second-order valence-electron chi connectivity index (χ2n) is 6.33. The van der Waals surface area contributed by atoms with Gasteiger partial charge in [0.15, 0.2) is 0 Å². The van der Waals surface area contributed by atoms with Crippen LogP contribution in [0.5, 0.6) is 0 Å². The first kappa shape index (κ1) is 18.6. The van der Waals surface area contributed by atoms with E-state index in [9.17, 15) is 15.0 Å². The monoisotopic (exact) mass is 310 g/mol. The fourth-order valence-electron chi connectivity index (χ4n) is 1.93. The Morgan fingerprint density at radius 1 is 1.14 bits per heavy atom. The zero-order valence-electron chi connectivity index (χ0n) is 13.5. The van der Waals surface area contributed by atoms with Crippen molar-refractivity contribution in [3.05, 3.63) is 35.9 Å². The smallest absolute Gasteiger partial charge is 0.308 e. The Hall–Kier alpha value is -1.43. The summed E-state index contributed by atoms with van der Waals surface area (Å²) in [5.41, 5.74) is 0.442. The van der Waals surface area contributed by atoms with Gasteiger partial charge < -0.3 is 19.7 Å². The molecule has 0 aliphatic rings. The molecule has 0 aromatic heterocycles. The van der Waals surface area contributed by atoms with Crippen LogP contribution in [0.3, 0.4) is 0 Å². The van der Waals surface area contributed by atoms with Crippen molar-refractivity contribution in [1.29, 1.82) is 0 Å². The fraction of sp³-hybridized carbons (Fsp3) is 0.588. The third-order valence-electron chi connectivity index (χ3n) is 2.79. The average Bonchev–Trinajstić information content (AvgIpc) is 2.37. The van der Waals surface area contributed by atoms with Gasteiger partial charge in [-0.15, -0.1) is 0 Å². The van der Waals surface area contributed by atoms with Crippen molar-refractivity contribution in [1.82, 2.24) is 0 Å². The van der Waals surface area contributed by atoms with Gasteiger partial charge in [-0.25, -0.2) is 0 Å². The van der Waals surface area contributed by atoms with Crippen LogP contribution in [0.25, 0.3) is 0 Å². The van der Waals surface area contributed by atoms with E-state index >= 15 is 0 Å². The molecule has 0 aliphatic carbocycles. The van der Waals surface area contributed by atoms with Crippen molar-refractivity contribution in [3.63, 3.8) is 0 Å². The number of carbonyl (C=O) groups is 1. The predicted octanol–water partition coefficient (Wildman–Crippen LogP) is 2.05. The predicted molar refractivity (Wildman–Crippen MR) is 83.2 cm³/mol. The Morgan fingerprint density at radius 2 is 1.77 bits per heavy atom. The lowest BCUT2D eigenvalue weighted by atomic mass is 10.1. The topological polar surface area (TPSA) is 76.0 Å². The summed E-state index contributed by atoms with van der Waals surface area (Å²) >= 11 is 0. The Labute approximate surface area is 131 Å². The molecule has 0 bridgehead atoms. The minimum absolute atomic E-state index is 0.0774. The van der Waals surface area contributed by atoms with Crippen LogP contribution >= 0.6 is 0 Å². The summed E-state index contributed by atoms with van der Waals surface area (Å²) in [6.45, 7) is 5.82. The molecule has 0 saturated heterocycles. The van der Waals surface area contributed by atoms with E-state index in [1.165, 1.54) is 0 Å². The molecule has 2 N–H and O–H groups in total. The summed E-state index contributed by atoms with van der Waals surface area (Å²) in [6, 6.07) is 9.62. The average molecular weight is 310 g/mol. The van der Waals surface area contributed by atoms with Gasteiger partial charge in [-0.1, -0.05) is 30.3 Å². The molecule has 124 valence electrons. The number of aliphatic hydroxyl groups is 2. The first-order chi connectivity index (χ1) is 10.3. The third-order valence-corrected chi connectivity index (χ3v) is 2.79. The summed E-state index contributed by atoms with van der Waals surface area (Å²) in [5.74, 6) is -0.475. The lowest BCUT2D eigenvalue weighted by molar-refractivity contribution is -0.157. The Bertz CT molecular complexity index is 438. The van der Waals surface area contributed by atoms with E-state index in [1.807, 2.05) is 30.3 Å². The van der Waals surface area contributed by atoms with Gasteiger partial charge in [-0.3, -0.25) is 4.79 Å². The molecule has 0 aliphatic heterocycles. The summed E-state index contributed by atoms with van der Waals surface area (Å²) < 4.78 is 10.5. The van der Waals surface area contributed by atoms with Crippen LogP contribution in [0.1, 0.15) is 39.2 Å². The van der Waals surface area contributed by atoms with E-state index in [-0.39, 0.29) is 19.4 Å². The van der Waals surface area contributed by atoms with Gasteiger partial charge in [0, 0.05) is 6.42 Å². The molecule has 1 aromatic rings. The van der Waals surface area contributed by atoms with E-state index in [2.05, 4.69) is 0 Å². The number of benzene rings is 1. The van der Waals surface area contributed by atoms with E-state index < -0.39 is 23.8 Å². The largest absolute Gasteiger partial charge is 0.460 e. The van der Waals surface area contributed by atoms with Crippen molar-refractivity contribution in [2.24, 2.45) is 0 Å². The maximum Gasteiger partial charge on any atom is 0.308 e. The van der Waals surface area contributed by atoms with Gasteiger partial charge in [0.25, 0.3) is 0 Å². The molecular weight excluding hydrogens is 284 g/mol. The number of hydrogen-bond donors (Lipinski definition) is 2. The molecule has 1 rings (SSSR count). The van der Waals surface area contributed by atoms with Crippen molar-refractivity contribution < 1.29 is 24.5 Å². The Morgan fingerprint density at radius 3 is 2.36 bits per heavy atom. The highest BCUT2D eigenvalue weighted by molar-refractivity contribution is 5.70. The molecule has 22 heavy (non-hydrogen) atoms. The van der Waals surface area contributed by atoms with Crippen LogP contribution in [0, 0.1) is 0 Å². The zero-order chi connectivity index (χ0) is 16.6. The maximum atomic E-state index is 11.6. The van der Waals surface area contributed by atoms with Crippen LogP contribution in [0.2, 0.25) is 0 Å². The van der Waals surface area contributed by atoms with Crippen LogP contribution in [-0.2, 0) is 20.9 Å². The molecule has 0 radical (unpaired) electrons. The molecule has 0 fully saturated rings. The number of hydrogen-bond acceptors (Lipinski definition) is 5. The van der Waals surface area contributed by atoms with Gasteiger partial charge in [-0.2, -0.15) is 0 Å². The summed E-state index contributed by atoms with van der Waals surface area (Å²) in [7, 11) is 0. The molecule has 5 heteroatoms. The number of carbonyl (C=O) groups excluding carboxylic acids is 1. The molecule has 0 saturated carbocycles. The summed E-state index contributed by atoms with van der Waals surface area (Å²) in [6.07, 6.45) is -1.81. The third kappa shape index (κ3) is 8.77. The van der Waals surface area contributed by atoms with Crippen molar-refractivity contribution in [3.8, 4) is 0 Å². The van der Waals surface area contributed by atoms with Gasteiger partial charge in [0.05, 0.1) is 31.8 Å². The minimum Gasteiger partial charge on any atom is -0.460 e. The van der Waals surface area contributed by atoms with E-state index in [4.69, 9.17) is 9.47 Å². The quantitative estimate of drug-likeness (QED) is 0.719. The van der Waals surface area contributed by atoms with E-state index in [0.717, 1.165) is 5.56 Å². The fourth-order valence-corrected chi connectivity index (χ4v) is 1.93. The van der Waals surface area contributed by atoms with E-state index in [1.54, 1.807) is 20.8 Å².